The number of benzene rings is 1. The van der Waals surface area contributed by atoms with Crippen molar-refractivity contribution in [1.29, 1.82) is 0 Å². The van der Waals surface area contributed by atoms with E-state index in [1.54, 1.807) is 18.2 Å². The fourth-order valence-electron chi connectivity index (χ4n) is 1.77. The summed E-state index contributed by atoms with van der Waals surface area (Å²) in [5.74, 6) is 7.70. The van der Waals surface area contributed by atoms with Crippen LogP contribution in [0.25, 0.3) is 0 Å². The summed E-state index contributed by atoms with van der Waals surface area (Å²) in [6.45, 7) is 3.88. The predicted octanol–water partition coefficient (Wildman–Crippen LogP) is 4.12. The van der Waals surface area contributed by atoms with Gasteiger partial charge >= 0.3 is 0 Å². The molecule has 0 spiro atoms. The highest BCUT2D eigenvalue weighted by molar-refractivity contribution is 6.42. The molecule has 0 aliphatic heterocycles. The van der Waals surface area contributed by atoms with Crippen molar-refractivity contribution in [2.24, 2.45) is 5.84 Å². The van der Waals surface area contributed by atoms with E-state index in [-0.39, 0.29) is 0 Å². The van der Waals surface area contributed by atoms with Crippen molar-refractivity contribution in [3.05, 3.63) is 39.6 Å². The Hall–Kier alpha value is -1.56. The zero-order chi connectivity index (χ0) is 15.4. The van der Waals surface area contributed by atoms with Crippen LogP contribution in [0.2, 0.25) is 10.0 Å². The third kappa shape index (κ3) is 3.75. The van der Waals surface area contributed by atoms with Crippen LogP contribution in [-0.4, -0.2) is 9.97 Å². The maximum Gasteiger partial charge on any atom is 0.227 e. The average molecular weight is 327 g/mol. The fraction of sp³-hybridized carbons (Fsp3) is 0.286. The molecule has 2 rings (SSSR count). The molecule has 21 heavy (non-hydrogen) atoms. The molecule has 112 valence electrons. The van der Waals surface area contributed by atoms with E-state index in [1.165, 1.54) is 0 Å². The minimum absolute atomic E-state index is 0.423. The van der Waals surface area contributed by atoms with Gasteiger partial charge in [0.2, 0.25) is 5.88 Å². The summed E-state index contributed by atoms with van der Waals surface area (Å²) in [6.07, 6.45) is 1.67. The molecule has 0 atom stereocenters. The molecule has 0 fully saturated rings. The molecule has 0 radical (unpaired) electrons. The number of hydrazine groups is 1. The van der Waals surface area contributed by atoms with Gasteiger partial charge < -0.3 is 10.2 Å². The van der Waals surface area contributed by atoms with Crippen molar-refractivity contribution in [2.75, 3.05) is 5.43 Å². The Balaban J connectivity index is 2.37. The van der Waals surface area contributed by atoms with Crippen LogP contribution in [-0.2, 0) is 6.42 Å². The first kappa shape index (κ1) is 15.8. The molecule has 0 saturated carbocycles. The number of aromatic nitrogens is 2. The topological polar surface area (TPSA) is 73.1 Å². The van der Waals surface area contributed by atoms with Gasteiger partial charge in [-0.25, -0.2) is 10.8 Å². The second kappa shape index (κ2) is 6.93. The second-order valence-corrected chi connectivity index (χ2v) is 5.31. The standard InChI is InChI=1S/C14H16Cl2N4O/c1-3-4-12-18-13(20-17)8(2)14(19-12)21-9-5-6-10(15)11(16)7-9/h5-7H,3-4,17H2,1-2H3,(H,18,19,20). The lowest BCUT2D eigenvalue weighted by molar-refractivity contribution is 0.454. The first-order valence-corrected chi connectivity index (χ1v) is 7.27. The summed E-state index contributed by atoms with van der Waals surface area (Å²) in [6, 6.07) is 5.04. The summed E-state index contributed by atoms with van der Waals surface area (Å²) < 4.78 is 5.78. The van der Waals surface area contributed by atoms with Gasteiger partial charge in [-0.05, 0) is 25.5 Å². The number of ether oxygens (including phenoxy) is 1. The van der Waals surface area contributed by atoms with E-state index >= 15 is 0 Å². The Labute approximate surface area is 133 Å². The van der Waals surface area contributed by atoms with Crippen molar-refractivity contribution in [1.82, 2.24) is 9.97 Å². The Morgan fingerprint density at radius 3 is 2.62 bits per heavy atom. The van der Waals surface area contributed by atoms with E-state index in [0.717, 1.165) is 18.4 Å². The lowest BCUT2D eigenvalue weighted by atomic mass is 10.3. The number of rotatable bonds is 5. The zero-order valence-corrected chi connectivity index (χ0v) is 13.3. The molecule has 0 aliphatic rings. The maximum atomic E-state index is 5.98. The molecule has 0 aliphatic carbocycles. The van der Waals surface area contributed by atoms with Gasteiger partial charge in [-0.2, -0.15) is 4.98 Å². The Bertz CT molecular complexity index is 649. The summed E-state index contributed by atoms with van der Waals surface area (Å²) in [5, 5.41) is 0.895. The molecule has 1 aromatic heterocycles. The van der Waals surface area contributed by atoms with E-state index in [2.05, 4.69) is 22.3 Å². The fourth-order valence-corrected chi connectivity index (χ4v) is 2.06. The van der Waals surface area contributed by atoms with Crippen LogP contribution in [0.3, 0.4) is 0 Å². The SMILES string of the molecule is CCCc1nc(NN)c(C)c(Oc2ccc(Cl)c(Cl)c2)n1. The zero-order valence-electron chi connectivity index (χ0n) is 11.8. The molecule has 0 amide bonds. The van der Waals surface area contributed by atoms with Crippen LogP contribution < -0.4 is 16.0 Å². The van der Waals surface area contributed by atoms with E-state index in [1.807, 2.05) is 6.92 Å². The monoisotopic (exact) mass is 326 g/mol. The largest absolute Gasteiger partial charge is 0.438 e. The third-order valence-corrected chi connectivity index (χ3v) is 3.60. The number of nitrogens with zero attached hydrogens (tertiary/aromatic N) is 2. The van der Waals surface area contributed by atoms with Crippen molar-refractivity contribution >= 4 is 29.0 Å². The van der Waals surface area contributed by atoms with Gasteiger partial charge in [0.1, 0.15) is 17.4 Å². The van der Waals surface area contributed by atoms with Crippen LogP contribution in [0.4, 0.5) is 5.82 Å². The van der Waals surface area contributed by atoms with Crippen molar-refractivity contribution in [3.63, 3.8) is 0 Å². The number of hydrogen-bond acceptors (Lipinski definition) is 5. The van der Waals surface area contributed by atoms with Gasteiger partial charge in [-0.3, -0.25) is 0 Å². The number of nitrogens with one attached hydrogen (secondary N) is 1. The number of nitrogen functional groups attached to an aromatic ring is 1. The molecule has 0 bridgehead atoms. The number of hydrogen-bond donors (Lipinski definition) is 2. The van der Waals surface area contributed by atoms with Crippen LogP contribution >= 0.6 is 23.2 Å². The summed E-state index contributed by atoms with van der Waals surface area (Å²) in [4.78, 5) is 8.75. The van der Waals surface area contributed by atoms with E-state index in [4.69, 9.17) is 33.8 Å². The maximum absolute atomic E-state index is 5.98. The van der Waals surface area contributed by atoms with Crippen LogP contribution in [0.1, 0.15) is 24.7 Å². The van der Waals surface area contributed by atoms with E-state index < -0.39 is 0 Å². The number of nitrogens with two attached hydrogens (primary N) is 1. The van der Waals surface area contributed by atoms with Gasteiger partial charge in [0.15, 0.2) is 0 Å². The highest BCUT2D eigenvalue weighted by Crippen LogP contribution is 2.31. The molecular formula is C14H16Cl2N4O. The quantitative estimate of drug-likeness (QED) is 0.638. The summed E-state index contributed by atoms with van der Waals surface area (Å²) >= 11 is 11.9. The second-order valence-electron chi connectivity index (χ2n) is 4.49. The van der Waals surface area contributed by atoms with Crippen LogP contribution in [0.5, 0.6) is 11.6 Å². The summed E-state index contributed by atoms with van der Waals surface area (Å²) in [7, 11) is 0. The highest BCUT2D eigenvalue weighted by atomic mass is 35.5. The first-order chi connectivity index (χ1) is 10.0. The van der Waals surface area contributed by atoms with Crippen molar-refractivity contribution in [3.8, 4) is 11.6 Å². The highest BCUT2D eigenvalue weighted by Gasteiger charge is 2.12. The lowest BCUT2D eigenvalue weighted by Gasteiger charge is -2.13. The van der Waals surface area contributed by atoms with Crippen LogP contribution in [0, 0.1) is 6.92 Å². The van der Waals surface area contributed by atoms with Gasteiger partial charge in [0.05, 0.1) is 15.6 Å². The normalized spacial score (nSPS) is 10.5. The minimum atomic E-state index is 0.423. The van der Waals surface area contributed by atoms with Crippen molar-refractivity contribution < 1.29 is 4.74 Å². The van der Waals surface area contributed by atoms with Crippen LogP contribution in [0.15, 0.2) is 18.2 Å². The van der Waals surface area contributed by atoms with Gasteiger partial charge in [0, 0.05) is 12.5 Å². The molecule has 2 aromatic rings. The average Bonchev–Trinajstić information content (AvgIpc) is 2.46. The van der Waals surface area contributed by atoms with Crippen molar-refractivity contribution in [2.45, 2.75) is 26.7 Å². The Morgan fingerprint density at radius 1 is 1.24 bits per heavy atom. The molecule has 3 N–H and O–H groups in total. The van der Waals surface area contributed by atoms with E-state index in [0.29, 0.717) is 33.3 Å². The molecule has 0 unspecified atom stereocenters. The smallest absolute Gasteiger partial charge is 0.227 e. The minimum Gasteiger partial charge on any atom is -0.438 e. The number of anilines is 1. The summed E-state index contributed by atoms with van der Waals surface area (Å²) in [5.41, 5.74) is 3.29. The first-order valence-electron chi connectivity index (χ1n) is 6.52. The Kier molecular flexibility index (Phi) is 5.22. The lowest BCUT2D eigenvalue weighted by Crippen LogP contribution is -2.13. The Morgan fingerprint density at radius 2 is 2.00 bits per heavy atom. The van der Waals surface area contributed by atoms with Gasteiger partial charge in [-0.15, -0.1) is 0 Å². The molecule has 7 heteroatoms. The number of halogens is 2. The van der Waals surface area contributed by atoms with Gasteiger partial charge in [0.25, 0.3) is 0 Å². The predicted molar refractivity (Wildman–Crippen MR) is 85.1 cm³/mol. The molecular weight excluding hydrogens is 311 g/mol. The van der Waals surface area contributed by atoms with Gasteiger partial charge in [-0.1, -0.05) is 30.1 Å². The molecule has 0 saturated heterocycles. The number of aryl methyl sites for hydroxylation is 1. The molecule has 5 nitrogen and oxygen atoms in total. The van der Waals surface area contributed by atoms with E-state index in [9.17, 15) is 0 Å². The molecule has 1 aromatic carbocycles. The third-order valence-electron chi connectivity index (χ3n) is 2.86. The molecule has 1 heterocycles.